The number of nitrogens with one attached hydrogen (secondary N) is 2. The number of methoxy groups -OCH3 is 1. The summed E-state index contributed by atoms with van der Waals surface area (Å²) in [6, 6.07) is 11.8. The summed E-state index contributed by atoms with van der Waals surface area (Å²) in [6.07, 6.45) is 2.76. The van der Waals surface area contributed by atoms with Gasteiger partial charge in [-0.2, -0.15) is 0 Å². The van der Waals surface area contributed by atoms with E-state index in [1.807, 2.05) is 42.5 Å². The van der Waals surface area contributed by atoms with Crippen LogP contribution in [-0.4, -0.2) is 54.0 Å². The van der Waals surface area contributed by atoms with Crippen molar-refractivity contribution >= 4 is 17.8 Å². The summed E-state index contributed by atoms with van der Waals surface area (Å²) in [6.45, 7) is 0.681. The van der Waals surface area contributed by atoms with Crippen LogP contribution in [0.5, 0.6) is 5.75 Å². The maximum atomic E-state index is 12.5. The van der Waals surface area contributed by atoms with Gasteiger partial charge in [-0.05, 0) is 36.2 Å². The summed E-state index contributed by atoms with van der Waals surface area (Å²) in [5, 5.41) is 5.36. The molecule has 0 spiro atoms. The molecule has 0 aliphatic carbocycles. The van der Waals surface area contributed by atoms with Gasteiger partial charge in [0.05, 0.1) is 13.5 Å². The Hall–Kier alpha value is -3.42. The molecule has 3 rings (SSSR count). The number of imide groups is 1. The molecule has 2 N–H and O–H groups in total. The summed E-state index contributed by atoms with van der Waals surface area (Å²) in [7, 11) is 1.59. The maximum Gasteiger partial charge on any atom is 0.324 e. The molecule has 1 aromatic heterocycles. The second kappa shape index (κ2) is 9.68. The molecule has 1 aromatic carbocycles. The normalized spacial score (nSPS) is 15.9. The highest BCUT2D eigenvalue weighted by Gasteiger charge is 2.38. The molecule has 8 nitrogen and oxygen atoms in total. The average molecular weight is 396 g/mol. The van der Waals surface area contributed by atoms with Crippen LogP contribution in [0.4, 0.5) is 4.79 Å². The van der Waals surface area contributed by atoms with Crippen molar-refractivity contribution in [3.8, 4) is 5.75 Å². The van der Waals surface area contributed by atoms with Crippen molar-refractivity contribution in [2.75, 3.05) is 20.2 Å². The fraction of sp³-hybridized carbons (Fsp3) is 0.333. The zero-order chi connectivity index (χ0) is 20.6. The van der Waals surface area contributed by atoms with Crippen LogP contribution in [0.25, 0.3) is 0 Å². The number of ether oxygens (including phenoxy) is 1. The Kier molecular flexibility index (Phi) is 6.78. The molecular weight excluding hydrogens is 372 g/mol. The van der Waals surface area contributed by atoms with Crippen LogP contribution >= 0.6 is 0 Å². The molecule has 2 aromatic rings. The van der Waals surface area contributed by atoms with E-state index in [2.05, 4.69) is 15.6 Å². The van der Waals surface area contributed by atoms with E-state index in [0.717, 1.165) is 21.9 Å². The Morgan fingerprint density at radius 2 is 1.97 bits per heavy atom. The van der Waals surface area contributed by atoms with E-state index < -0.39 is 12.1 Å². The van der Waals surface area contributed by atoms with E-state index in [-0.39, 0.29) is 24.8 Å². The molecule has 8 heteroatoms. The van der Waals surface area contributed by atoms with Gasteiger partial charge in [-0.3, -0.25) is 19.5 Å². The molecule has 1 aliphatic rings. The van der Waals surface area contributed by atoms with Crippen LogP contribution in [0.3, 0.4) is 0 Å². The molecule has 2 heterocycles. The van der Waals surface area contributed by atoms with Crippen molar-refractivity contribution in [3.63, 3.8) is 0 Å². The minimum Gasteiger partial charge on any atom is -0.497 e. The zero-order valence-corrected chi connectivity index (χ0v) is 16.3. The summed E-state index contributed by atoms with van der Waals surface area (Å²) >= 11 is 0. The number of carbonyl (C=O) groups excluding carboxylic acids is 3. The lowest BCUT2D eigenvalue weighted by atomic mass is 10.1. The lowest BCUT2D eigenvalue weighted by molar-refractivity contribution is -0.130. The molecule has 0 radical (unpaired) electrons. The molecule has 1 aliphatic heterocycles. The molecule has 1 atom stereocenters. The topological polar surface area (TPSA) is 101 Å². The van der Waals surface area contributed by atoms with Crippen LogP contribution in [0.2, 0.25) is 0 Å². The quantitative estimate of drug-likeness (QED) is 0.623. The third-order valence-corrected chi connectivity index (χ3v) is 4.71. The standard InChI is InChI=1S/C21H24N4O4/c1-29-17-7-5-15(6-8-17)10-13-25-20(27)18(24-21(25)28)14-19(26)23-12-9-16-4-2-3-11-22-16/h2-8,11,18H,9-10,12-14H2,1H3,(H,23,26)(H,24,28)/t18-/m0/s1. The Labute approximate surface area is 169 Å². The summed E-state index contributed by atoms with van der Waals surface area (Å²) in [4.78, 5) is 42.1. The second-order valence-electron chi connectivity index (χ2n) is 6.72. The van der Waals surface area contributed by atoms with Gasteiger partial charge in [-0.25, -0.2) is 4.79 Å². The third-order valence-electron chi connectivity index (χ3n) is 4.71. The lowest BCUT2D eigenvalue weighted by Crippen LogP contribution is -2.37. The van der Waals surface area contributed by atoms with Crippen LogP contribution in [-0.2, 0) is 22.4 Å². The number of urea groups is 1. The summed E-state index contributed by atoms with van der Waals surface area (Å²) in [5.41, 5.74) is 1.87. The Balaban J connectivity index is 1.44. The number of rotatable bonds is 9. The predicted octanol–water partition coefficient (Wildman–Crippen LogP) is 1.30. The fourth-order valence-electron chi connectivity index (χ4n) is 3.09. The van der Waals surface area contributed by atoms with Gasteiger partial charge in [0.1, 0.15) is 11.8 Å². The van der Waals surface area contributed by atoms with Crippen molar-refractivity contribution in [2.24, 2.45) is 0 Å². The van der Waals surface area contributed by atoms with Gasteiger partial charge in [-0.1, -0.05) is 18.2 Å². The van der Waals surface area contributed by atoms with Crippen LogP contribution < -0.4 is 15.4 Å². The fourth-order valence-corrected chi connectivity index (χ4v) is 3.09. The lowest BCUT2D eigenvalue weighted by Gasteiger charge is -2.13. The molecule has 0 bridgehead atoms. The van der Waals surface area contributed by atoms with Crippen molar-refractivity contribution in [1.29, 1.82) is 0 Å². The summed E-state index contributed by atoms with van der Waals surface area (Å²) < 4.78 is 5.12. The number of hydrogen-bond acceptors (Lipinski definition) is 5. The number of carbonyl (C=O) groups is 3. The van der Waals surface area contributed by atoms with Crippen molar-refractivity contribution < 1.29 is 19.1 Å². The highest BCUT2D eigenvalue weighted by atomic mass is 16.5. The van der Waals surface area contributed by atoms with Crippen LogP contribution in [0, 0.1) is 0 Å². The van der Waals surface area contributed by atoms with Gasteiger partial charge >= 0.3 is 6.03 Å². The average Bonchev–Trinajstić information content (AvgIpc) is 3.00. The van der Waals surface area contributed by atoms with E-state index in [0.29, 0.717) is 19.4 Å². The SMILES string of the molecule is COc1ccc(CCN2C(=O)N[C@@H](CC(=O)NCCc3ccccn3)C2=O)cc1. The highest BCUT2D eigenvalue weighted by molar-refractivity contribution is 6.05. The largest absolute Gasteiger partial charge is 0.497 e. The number of aromatic nitrogens is 1. The van der Waals surface area contributed by atoms with Gasteiger partial charge in [0, 0.05) is 31.4 Å². The molecule has 1 saturated heterocycles. The van der Waals surface area contributed by atoms with E-state index in [4.69, 9.17) is 4.74 Å². The molecule has 0 unspecified atom stereocenters. The van der Waals surface area contributed by atoms with Crippen molar-refractivity contribution in [1.82, 2.24) is 20.5 Å². The molecule has 4 amide bonds. The van der Waals surface area contributed by atoms with Crippen LogP contribution in [0.15, 0.2) is 48.7 Å². The number of nitrogens with zero attached hydrogens (tertiary/aromatic N) is 2. The predicted molar refractivity (Wildman–Crippen MR) is 106 cm³/mol. The minimum atomic E-state index is -0.826. The molecule has 29 heavy (non-hydrogen) atoms. The van der Waals surface area contributed by atoms with Crippen LogP contribution in [0.1, 0.15) is 17.7 Å². The van der Waals surface area contributed by atoms with Crippen molar-refractivity contribution in [2.45, 2.75) is 25.3 Å². The van der Waals surface area contributed by atoms with Gasteiger partial charge in [-0.15, -0.1) is 0 Å². The molecule has 152 valence electrons. The van der Waals surface area contributed by atoms with E-state index >= 15 is 0 Å². The molecule has 1 fully saturated rings. The number of pyridine rings is 1. The second-order valence-corrected chi connectivity index (χ2v) is 6.72. The first-order chi connectivity index (χ1) is 14.1. The Morgan fingerprint density at radius 3 is 2.66 bits per heavy atom. The zero-order valence-electron chi connectivity index (χ0n) is 16.3. The molecular formula is C21H24N4O4. The summed E-state index contributed by atoms with van der Waals surface area (Å²) in [5.74, 6) is 0.0952. The van der Waals surface area contributed by atoms with Gasteiger partial charge in [0.25, 0.3) is 5.91 Å². The number of benzene rings is 1. The monoisotopic (exact) mass is 396 g/mol. The Morgan fingerprint density at radius 1 is 1.17 bits per heavy atom. The number of hydrogen-bond donors (Lipinski definition) is 2. The van der Waals surface area contributed by atoms with Gasteiger partial charge in [0.15, 0.2) is 0 Å². The maximum absolute atomic E-state index is 12.5. The highest BCUT2D eigenvalue weighted by Crippen LogP contribution is 2.14. The van der Waals surface area contributed by atoms with E-state index in [1.54, 1.807) is 13.3 Å². The first-order valence-corrected chi connectivity index (χ1v) is 9.48. The van der Waals surface area contributed by atoms with Gasteiger partial charge in [0.2, 0.25) is 5.91 Å². The number of amides is 4. The van der Waals surface area contributed by atoms with Gasteiger partial charge < -0.3 is 15.4 Å². The van der Waals surface area contributed by atoms with E-state index in [1.165, 1.54) is 0 Å². The third kappa shape index (κ3) is 5.54. The van der Waals surface area contributed by atoms with E-state index in [9.17, 15) is 14.4 Å². The first-order valence-electron chi connectivity index (χ1n) is 9.48. The Bertz CT molecular complexity index is 855. The first kappa shape index (κ1) is 20.3. The minimum absolute atomic E-state index is 0.0776. The smallest absolute Gasteiger partial charge is 0.324 e. The molecule has 0 saturated carbocycles. The van der Waals surface area contributed by atoms with Crippen molar-refractivity contribution in [3.05, 3.63) is 59.9 Å².